The first-order valence-electron chi connectivity index (χ1n) is 9.72. The fourth-order valence-electron chi connectivity index (χ4n) is 3.06. The lowest BCUT2D eigenvalue weighted by Gasteiger charge is -2.20. The van der Waals surface area contributed by atoms with E-state index in [0.717, 1.165) is 22.0 Å². The van der Waals surface area contributed by atoms with E-state index in [4.69, 9.17) is 11.6 Å². The zero-order valence-electron chi connectivity index (χ0n) is 18.0. The largest absolute Gasteiger partial charge is 0.326 e. The van der Waals surface area contributed by atoms with Gasteiger partial charge in [0.1, 0.15) is 5.82 Å². The SMILES string of the molecule is CC(=O)Nc1ccc(NC(=O)c2cc(S(=O)(=O)N(C)c3ccc(F)cc3)ccc2Cl)cc1C. The molecular formula is C23H21ClFN3O4S. The molecule has 3 aromatic carbocycles. The minimum absolute atomic E-state index is 0.0335. The van der Waals surface area contributed by atoms with E-state index < -0.39 is 21.7 Å². The van der Waals surface area contributed by atoms with Crippen LogP contribution >= 0.6 is 11.6 Å². The quantitative estimate of drug-likeness (QED) is 0.518. The molecule has 172 valence electrons. The Morgan fingerprint density at radius 2 is 1.64 bits per heavy atom. The number of carbonyl (C=O) groups is 2. The fraction of sp³-hybridized carbons (Fsp3) is 0.130. The van der Waals surface area contributed by atoms with Crippen molar-refractivity contribution < 1.29 is 22.4 Å². The molecule has 0 saturated heterocycles. The highest BCUT2D eigenvalue weighted by Gasteiger charge is 2.24. The number of amides is 2. The molecule has 0 radical (unpaired) electrons. The summed E-state index contributed by atoms with van der Waals surface area (Å²) in [5, 5.41) is 5.43. The fourth-order valence-corrected chi connectivity index (χ4v) is 4.48. The van der Waals surface area contributed by atoms with Gasteiger partial charge < -0.3 is 10.6 Å². The van der Waals surface area contributed by atoms with Crippen LogP contribution in [0.5, 0.6) is 0 Å². The van der Waals surface area contributed by atoms with E-state index in [1.807, 2.05) is 0 Å². The van der Waals surface area contributed by atoms with E-state index in [1.54, 1.807) is 25.1 Å². The molecule has 0 bridgehead atoms. The van der Waals surface area contributed by atoms with Crippen molar-refractivity contribution in [3.8, 4) is 0 Å². The van der Waals surface area contributed by atoms with E-state index in [2.05, 4.69) is 10.6 Å². The lowest BCUT2D eigenvalue weighted by atomic mass is 10.1. The predicted molar refractivity (Wildman–Crippen MR) is 127 cm³/mol. The zero-order chi connectivity index (χ0) is 24.3. The number of rotatable bonds is 6. The van der Waals surface area contributed by atoms with Gasteiger partial charge in [-0.2, -0.15) is 0 Å². The van der Waals surface area contributed by atoms with Crippen LogP contribution in [0.25, 0.3) is 0 Å². The minimum Gasteiger partial charge on any atom is -0.326 e. The van der Waals surface area contributed by atoms with Crippen molar-refractivity contribution in [3.63, 3.8) is 0 Å². The van der Waals surface area contributed by atoms with Crippen LogP contribution in [-0.2, 0) is 14.8 Å². The molecule has 0 unspecified atom stereocenters. The molecule has 0 spiro atoms. The summed E-state index contributed by atoms with van der Waals surface area (Å²) in [7, 11) is -2.71. The van der Waals surface area contributed by atoms with Crippen LogP contribution in [0.1, 0.15) is 22.8 Å². The van der Waals surface area contributed by atoms with E-state index in [0.29, 0.717) is 11.4 Å². The summed E-state index contributed by atoms with van der Waals surface area (Å²) in [6, 6.07) is 13.7. The first-order valence-corrected chi connectivity index (χ1v) is 11.5. The summed E-state index contributed by atoms with van der Waals surface area (Å²) in [6.07, 6.45) is 0. The summed E-state index contributed by atoms with van der Waals surface area (Å²) in [5.41, 5.74) is 2.00. The van der Waals surface area contributed by atoms with Gasteiger partial charge in [0.15, 0.2) is 0 Å². The molecule has 2 N–H and O–H groups in total. The number of hydrogen-bond donors (Lipinski definition) is 2. The van der Waals surface area contributed by atoms with Crippen LogP contribution in [0.4, 0.5) is 21.5 Å². The van der Waals surface area contributed by atoms with Gasteiger partial charge in [-0.1, -0.05) is 11.6 Å². The topological polar surface area (TPSA) is 95.6 Å². The van der Waals surface area contributed by atoms with Gasteiger partial charge in [0.25, 0.3) is 15.9 Å². The molecule has 10 heteroatoms. The van der Waals surface area contributed by atoms with E-state index in [-0.39, 0.29) is 27.1 Å². The number of anilines is 3. The lowest BCUT2D eigenvalue weighted by molar-refractivity contribution is -0.114. The maximum atomic E-state index is 13.2. The normalized spacial score (nSPS) is 11.1. The first kappa shape index (κ1) is 24.2. The van der Waals surface area contributed by atoms with Gasteiger partial charge in [0, 0.05) is 25.3 Å². The van der Waals surface area contributed by atoms with Crippen LogP contribution in [-0.4, -0.2) is 27.3 Å². The van der Waals surface area contributed by atoms with Crippen LogP contribution in [0.15, 0.2) is 65.6 Å². The van der Waals surface area contributed by atoms with Crippen LogP contribution in [0.3, 0.4) is 0 Å². The Bertz CT molecular complexity index is 1330. The van der Waals surface area contributed by atoms with Gasteiger partial charge in [0.05, 0.1) is 21.2 Å². The molecule has 33 heavy (non-hydrogen) atoms. The number of carbonyl (C=O) groups excluding carboxylic acids is 2. The van der Waals surface area contributed by atoms with Crippen molar-refractivity contribution in [3.05, 3.63) is 82.6 Å². The third-order valence-corrected chi connectivity index (χ3v) is 6.94. The van der Waals surface area contributed by atoms with E-state index >= 15 is 0 Å². The molecule has 3 aromatic rings. The highest BCUT2D eigenvalue weighted by molar-refractivity contribution is 7.92. The standard InChI is InChI=1S/C23H21ClFN3O4S/c1-14-12-17(6-11-22(14)26-15(2)29)27-23(30)20-13-19(9-10-21(20)24)33(31,32)28(3)18-7-4-16(25)5-8-18/h4-13H,1-3H3,(H,26,29)(H,27,30). The second kappa shape index (κ2) is 9.60. The van der Waals surface area contributed by atoms with Gasteiger partial charge in [-0.15, -0.1) is 0 Å². The second-order valence-corrected chi connectivity index (χ2v) is 9.63. The molecule has 0 aromatic heterocycles. The van der Waals surface area contributed by atoms with Gasteiger partial charge in [-0.05, 0) is 73.2 Å². The molecule has 0 saturated carbocycles. The third-order valence-electron chi connectivity index (χ3n) is 4.83. The van der Waals surface area contributed by atoms with Gasteiger partial charge in [-0.3, -0.25) is 13.9 Å². The summed E-state index contributed by atoms with van der Waals surface area (Å²) in [5.74, 6) is -1.31. The molecule has 0 aliphatic rings. The number of hydrogen-bond acceptors (Lipinski definition) is 4. The molecule has 0 heterocycles. The summed E-state index contributed by atoms with van der Waals surface area (Å²) in [6.45, 7) is 3.16. The number of sulfonamides is 1. The summed E-state index contributed by atoms with van der Waals surface area (Å²) >= 11 is 6.18. The third kappa shape index (κ3) is 5.50. The van der Waals surface area contributed by atoms with Crippen molar-refractivity contribution in [2.24, 2.45) is 0 Å². The Hall–Kier alpha value is -3.43. The molecule has 2 amide bonds. The highest BCUT2D eigenvalue weighted by atomic mass is 35.5. The van der Waals surface area contributed by atoms with E-state index in [1.165, 1.54) is 44.3 Å². The van der Waals surface area contributed by atoms with Crippen molar-refractivity contribution in [1.82, 2.24) is 0 Å². The second-order valence-electron chi connectivity index (χ2n) is 7.26. The summed E-state index contributed by atoms with van der Waals surface area (Å²) in [4.78, 5) is 24.0. The molecule has 0 aliphatic heterocycles. The van der Waals surface area contributed by atoms with Crippen molar-refractivity contribution in [1.29, 1.82) is 0 Å². The maximum absolute atomic E-state index is 13.2. The van der Waals surface area contributed by atoms with Gasteiger partial charge in [0.2, 0.25) is 5.91 Å². The summed E-state index contributed by atoms with van der Waals surface area (Å²) < 4.78 is 40.3. The smallest absolute Gasteiger partial charge is 0.264 e. The Kier molecular flexibility index (Phi) is 7.04. The number of halogens is 2. The number of benzene rings is 3. The Balaban J connectivity index is 1.88. The van der Waals surface area contributed by atoms with Crippen molar-refractivity contribution in [2.45, 2.75) is 18.7 Å². The van der Waals surface area contributed by atoms with Crippen molar-refractivity contribution in [2.75, 3.05) is 22.0 Å². The Morgan fingerprint density at radius 1 is 0.970 bits per heavy atom. The van der Waals surface area contributed by atoms with Crippen LogP contribution < -0.4 is 14.9 Å². The molecule has 3 rings (SSSR count). The molecule has 0 atom stereocenters. The average Bonchev–Trinajstić information content (AvgIpc) is 2.75. The van der Waals surface area contributed by atoms with Gasteiger partial charge in [-0.25, -0.2) is 12.8 Å². The molecule has 0 aliphatic carbocycles. The molecule has 7 nitrogen and oxygen atoms in total. The molecular weight excluding hydrogens is 469 g/mol. The number of nitrogens with one attached hydrogen (secondary N) is 2. The first-order chi connectivity index (χ1) is 15.5. The Morgan fingerprint density at radius 3 is 2.24 bits per heavy atom. The minimum atomic E-state index is -4.04. The zero-order valence-corrected chi connectivity index (χ0v) is 19.6. The van der Waals surface area contributed by atoms with Crippen molar-refractivity contribution >= 4 is 50.5 Å². The monoisotopic (exact) mass is 489 g/mol. The number of nitrogens with zero attached hydrogens (tertiary/aromatic N) is 1. The lowest BCUT2D eigenvalue weighted by Crippen LogP contribution is -2.27. The predicted octanol–water partition coefficient (Wildman–Crippen LogP) is 4.82. The highest BCUT2D eigenvalue weighted by Crippen LogP contribution is 2.27. The maximum Gasteiger partial charge on any atom is 0.264 e. The Labute approximate surface area is 196 Å². The molecule has 0 fully saturated rings. The number of aryl methyl sites for hydroxylation is 1. The average molecular weight is 490 g/mol. The van der Waals surface area contributed by atoms with E-state index in [9.17, 15) is 22.4 Å². The van der Waals surface area contributed by atoms with Gasteiger partial charge >= 0.3 is 0 Å². The van der Waals surface area contributed by atoms with Crippen LogP contribution in [0.2, 0.25) is 5.02 Å². The van der Waals surface area contributed by atoms with Crippen LogP contribution in [0, 0.1) is 12.7 Å².